The highest BCUT2D eigenvalue weighted by atomic mass is 16.5. The van der Waals surface area contributed by atoms with E-state index in [0.29, 0.717) is 29.9 Å². The Balaban J connectivity index is 1.44. The fourth-order valence-electron chi connectivity index (χ4n) is 4.67. The third-order valence-electron chi connectivity index (χ3n) is 6.55. The zero-order valence-electron chi connectivity index (χ0n) is 21.4. The Morgan fingerprint density at radius 3 is 2.73 bits per heavy atom. The van der Waals surface area contributed by atoms with Crippen molar-refractivity contribution < 1.29 is 4.74 Å². The Bertz CT molecular complexity index is 1570. The molecule has 0 amide bonds. The first-order valence-corrected chi connectivity index (χ1v) is 12.3. The van der Waals surface area contributed by atoms with Gasteiger partial charge in [-0.25, -0.2) is 19.6 Å². The molecule has 37 heavy (non-hydrogen) atoms. The zero-order chi connectivity index (χ0) is 25.5. The van der Waals surface area contributed by atoms with Gasteiger partial charge in [0.05, 0.1) is 24.4 Å². The van der Waals surface area contributed by atoms with Crippen molar-refractivity contribution in [3.05, 3.63) is 60.6 Å². The molecule has 1 N–H and O–H groups in total. The molecule has 5 heterocycles. The van der Waals surface area contributed by atoms with Crippen LogP contribution >= 0.6 is 0 Å². The van der Waals surface area contributed by atoms with E-state index in [0.717, 1.165) is 40.7 Å². The van der Waals surface area contributed by atoms with E-state index < -0.39 is 0 Å². The van der Waals surface area contributed by atoms with Gasteiger partial charge in [-0.2, -0.15) is 10.2 Å². The number of aromatic nitrogens is 7. The number of pyridine rings is 1. The summed E-state index contributed by atoms with van der Waals surface area (Å²) >= 11 is 0. The predicted octanol–water partition coefficient (Wildman–Crippen LogP) is 4.44. The molecule has 188 valence electrons. The summed E-state index contributed by atoms with van der Waals surface area (Å²) in [5.41, 5.74) is 5.00. The van der Waals surface area contributed by atoms with E-state index in [1.807, 2.05) is 25.4 Å². The van der Waals surface area contributed by atoms with E-state index in [1.165, 1.54) is 5.56 Å². The Labute approximate surface area is 214 Å². The van der Waals surface area contributed by atoms with Gasteiger partial charge in [0.15, 0.2) is 5.82 Å². The van der Waals surface area contributed by atoms with Crippen LogP contribution in [-0.2, 0) is 13.6 Å². The van der Waals surface area contributed by atoms with E-state index in [9.17, 15) is 0 Å². The second kappa shape index (κ2) is 9.29. The monoisotopic (exact) mass is 495 g/mol. The number of hydrogen-bond acceptors (Lipinski definition) is 8. The molecule has 0 fully saturated rings. The standard InChI is InChI=1S/C27H29N9O/c1-17-10-12-37-27-21(15-30-35(27)4)26-28-11-9-23(32-26)31-24-13-22-20(14-29-24)25(33-36(17)22)19-7-5-18(6-8-19)16-34(2)3/h5-9,11,13-15,17H,10,12,16H2,1-4H3,(H,28,29,31,32)/t17-/m0/s1. The SMILES string of the molecule is C[C@H]1CCOc2c(cnn2C)-c2nccc(n2)Nc2cc3c(cn2)c(-c2ccc(CN(C)C)cc2)nn31. The highest BCUT2D eigenvalue weighted by Crippen LogP contribution is 2.33. The van der Waals surface area contributed by atoms with Gasteiger partial charge in [-0.15, -0.1) is 0 Å². The van der Waals surface area contributed by atoms with Crippen LogP contribution in [0.4, 0.5) is 11.6 Å². The first kappa shape index (κ1) is 23.1. The number of fused-ring (bicyclic) bond motifs is 5. The van der Waals surface area contributed by atoms with E-state index in [2.05, 4.69) is 75.2 Å². The number of rotatable bonds is 3. The van der Waals surface area contributed by atoms with Crippen molar-refractivity contribution in [2.24, 2.45) is 7.05 Å². The Kier molecular flexibility index (Phi) is 5.80. The molecule has 1 aliphatic rings. The number of anilines is 2. The summed E-state index contributed by atoms with van der Waals surface area (Å²) in [5, 5.41) is 13.8. The largest absolute Gasteiger partial charge is 0.477 e. The topological polar surface area (TPSA) is 98.8 Å². The molecule has 0 saturated heterocycles. The van der Waals surface area contributed by atoms with E-state index in [1.54, 1.807) is 17.1 Å². The number of nitrogens with zero attached hydrogens (tertiary/aromatic N) is 8. The van der Waals surface area contributed by atoms with Crippen LogP contribution in [0.3, 0.4) is 0 Å². The number of ether oxygens (including phenoxy) is 1. The van der Waals surface area contributed by atoms with Gasteiger partial charge in [0.1, 0.15) is 22.9 Å². The Morgan fingerprint density at radius 1 is 1.08 bits per heavy atom. The fourth-order valence-corrected chi connectivity index (χ4v) is 4.67. The van der Waals surface area contributed by atoms with Gasteiger partial charge in [0.2, 0.25) is 5.88 Å². The molecule has 4 aromatic heterocycles. The molecular weight excluding hydrogens is 466 g/mol. The number of nitrogens with one attached hydrogen (secondary N) is 1. The predicted molar refractivity (Wildman–Crippen MR) is 143 cm³/mol. The molecule has 1 aromatic carbocycles. The Hall–Kier alpha value is -4.31. The number of hydrogen-bond donors (Lipinski definition) is 1. The lowest BCUT2D eigenvalue weighted by atomic mass is 10.1. The third-order valence-corrected chi connectivity index (χ3v) is 6.55. The summed E-state index contributed by atoms with van der Waals surface area (Å²) in [4.78, 5) is 16.0. The highest BCUT2D eigenvalue weighted by molar-refractivity contribution is 5.94. The van der Waals surface area contributed by atoms with Crippen molar-refractivity contribution in [3.8, 4) is 28.5 Å². The summed E-state index contributed by atoms with van der Waals surface area (Å²) in [6.07, 6.45) is 6.10. The first-order chi connectivity index (χ1) is 18.0. The molecule has 4 bridgehead atoms. The minimum absolute atomic E-state index is 0.0909. The fraction of sp³-hybridized carbons (Fsp3) is 0.296. The minimum atomic E-state index is 0.0909. The molecule has 0 aliphatic carbocycles. The van der Waals surface area contributed by atoms with Crippen LogP contribution in [0.5, 0.6) is 5.88 Å². The van der Waals surface area contributed by atoms with Crippen molar-refractivity contribution in [1.82, 2.24) is 39.4 Å². The van der Waals surface area contributed by atoms with Gasteiger partial charge < -0.3 is 15.0 Å². The summed E-state index contributed by atoms with van der Waals surface area (Å²) in [5.74, 6) is 2.52. The number of benzene rings is 1. The maximum atomic E-state index is 6.20. The van der Waals surface area contributed by atoms with Crippen LogP contribution in [0, 0.1) is 0 Å². The van der Waals surface area contributed by atoms with Gasteiger partial charge in [0, 0.05) is 49.4 Å². The van der Waals surface area contributed by atoms with Crippen molar-refractivity contribution in [1.29, 1.82) is 0 Å². The van der Waals surface area contributed by atoms with Crippen molar-refractivity contribution in [2.75, 3.05) is 26.0 Å². The van der Waals surface area contributed by atoms with Crippen LogP contribution in [-0.4, -0.2) is 60.1 Å². The first-order valence-electron chi connectivity index (χ1n) is 12.3. The molecular formula is C27H29N9O. The molecule has 1 aliphatic heterocycles. The summed E-state index contributed by atoms with van der Waals surface area (Å²) < 4.78 is 9.99. The van der Waals surface area contributed by atoms with E-state index in [-0.39, 0.29) is 6.04 Å². The molecule has 6 rings (SSSR count). The van der Waals surface area contributed by atoms with Gasteiger partial charge in [-0.3, -0.25) is 4.68 Å². The summed E-state index contributed by atoms with van der Waals surface area (Å²) in [6.45, 7) is 3.56. The molecule has 0 radical (unpaired) electrons. The third kappa shape index (κ3) is 4.40. The lowest BCUT2D eigenvalue weighted by Gasteiger charge is -2.16. The molecule has 1 atom stereocenters. The van der Waals surface area contributed by atoms with Crippen molar-refractivity contribution in [3.63, 3.8) is 0 Å². The van der Waals surface area contributed by atoms with Crippen molar-refractivity contribution in [2.45, 2.75) is 25.9 Å². The maximum Gasteiger partial charge on any atom is 0.222 e. The van der Waals surface area contributed by atoms with Crippen molar-refractivity contribution >= 4 is 22.5 Å². The molecule has 5 aromatic rings. The lowest BCUT2D eigenvalue weighted by molar-refractivity contribution is 0.260. The van der Waals surface area contributed by atoms with Gasteiger partial charge in [0.25, 0.3) is 0 Å². The molecule has 10 nitrogen and oxygen atoms in total. The second-order valence-electron chi connectivity index (χ2n) is 9.68. The highest BCUT2D eigenvalue weighted by Gasteiger charge is 2.20. The van der Waals surface area contributed by atoms with Gasteiger partial charge >= 0.3 is 0 Å². The normalized spacial score (nSPS) is 15.3. The van der Waals surface area contributed by atoms with Crippen LogP contribution < -0.4 is 10.1 Å². The minimum Gasteiger partial charge on any atom is -0.477 e. The van der Waals surface area contributed by atoms with Gasteiger partial charge in [-0.05, 0) is 32.6 Å². The van der Waals surface area contributed by atoms with E-state index >= 15 is 0 Å². The van der Waals surface area contributed by atoms with Crippen LogP contribution in [0.15, 0.2) is 55.0 Å². The van der Waals surface area contributed by atoms with Crippen LogP contribution in [0.2, 0.25) is 0 Å². The average molecular weight is 496 g/mol. The van der Waals surface area contributed by atoms with Crippen LogP contribution in [0.25, 0.3) is 33.5 Å². The molecule has 0 unspecified atom stereocenters. The lowest BCUT2D eigenvalue weighted by Crippen LogP contribution is -2.13. The average Bonchev–Trinajstić information content (AvgIpc) is 3.44. The second-order valence-corrected chi connectivity index (χ2v) is 9.68. The quantitative estimate of drug-likeness (QED) is 0.392. The zero-order valence-corrected chi connectivity index (χ0v) is 21.4. The Morgan fingerprint density at radius 2 is 1.92 bits per heavy atom. The maximum absolute atomic E-state index is 6.20. The molecule has 10 heteroatoms. The van der Waals surface area contributed by atoms with Gasteiger partial charge in [-0.1, -0.05) is 24.3 Å². The molecule has 0 saturated carbocycles. The number of aryl methyl sites for hydroxylation is 1. The van der Waals surface area contributed by atoms with Crippen LogP contribution in [0.1, 0.15) is 24.9 Å². The summed E-state index contributed by atoms with van der Waals surface area (Å²) in [7, 11) is 6.00. The molecule has 0 spiro atoms. The summed E-state index contributed by atoms with van der Waals surface area (Å²) in [6, 6.07) is 12.5. The van der Waals surface area contributed by atoms with E-state index in [4.69, 9.17) is 14.8 Å². The smallest absolute Gasteiger partial charge is 0.222 e.